The molecule has 0 aromatic carbocycles. The second-order valence-corrected chi connectivity index (χ2v) is 3.15. The van der Waals surface area contributed by atoms with Crippen LogP contribution >= 0.6 is 0 Å². The summed E-state index contributed by atoms with van der Waals surface area (Å²) in [7, 11) is 0. The van der Waals surface area contributed by atoms with Crippen LogP contribution in [-0.2, 0) is 4.74 Å². The molecule has 54 valence electrons. The zero-order valence-electron chi connectivity index (χ0n) is 6.09. The highest BCUT2D eigenvalue weighted by Gasteiger charge is 2.65. The SMILES string of the molecule is CC12C=CC=C(O)C1(C)O2. The third-order valence-electron chi connectivity index (χ3n) is 2.48. The first-order valence-electron chi connectivity index (χ1n) is 3.38. The van der Waals surface area contributed by atoms with Crippen LogP contribution in [-0.4, -0.2) is 16.3 Å². The van der Waals surface area contributed by atoms with Gasteiger partial charge < -0.3 is 9.84 Å². The van der Waals surface area contributed by atoms with Crippen LogP contribution in [0.5, 0.6) is 0 Å². The molecule has 1 heterocycles. The smallest absolute Gasteiger partial charge is 0.155 e. The van der Waals surface area contributed by atoms with Crippen molar-refractivity contribution >= 4 is 0 Å². The van der Waals surface area contributed by atoms with Gasteiger partial charge in [0.05, 0.1) is 0 Å². The molecule has 0 bridgehead atoms. The number of aliphatic hydroxyl groups excluding tert-OH is 1. The number of hydrogen-bond acceptors (Lipinski definition) is 2. The van der Waals surface area contributed by atoms with Crippen molar-refractivity contribution in [2.45, 2.75) is 25.0 Å². The number of aliphatic hydroxyl groups is 1. The summed E-state index contributed by atoms with van der Waals surface area (Å²) in [6.07, 6.45) is 5.46. The molecule has 2 atom stereocenters. The van der Waals surface area contributed by atoms with Crippen LogP contribution in [0.15, 0.2) is 24.0 Å². The Balaban J connectivity index is 2.44. The Labute approximate surface area is 59.8 Å². The first kappa shape index (κ1) is 5.98. The van der Waals surface area contributed by atoms with Crippen molar-refractivity contribution in [1.82, 2.24) is 0 Å². The zero-order chi connectivity index (χ0) is 7.41. The number of fused-ring (bicyclic) bond motifs is 1. The molecule has 0 spiro atoms. The first-order valence-corrected chi connectivity index (χ1v) is 3.38. The molecule has 2 aliphatic rings. The Morgan fingerprint density at radius 3 is 2.70 bits per heavy atom. The fourth-order valence-corrected chi connectivity index (χ4v) is 1.38. The summed E-state index contributed by atoms with van der Waals surface area (Å²) >= 11 is 0. The predicted octanol–water partition coefficient (Wildman–Crippen LogP) is 1.55. The number of allylic oxidation sites excluding steroid dienone is 2. The van der Waals surface area contributed by atoms with Gasteiger partial charge in [-0.25, -0.2) is 0 Å². The zero-order valence-corrected chi connectivity index (χ0v) is 6.09. The second-order valence-electron chi connectivity index (χ2n) is 3.15. The molecule has 1 aliphatic heterocycles. The fourth-order valence-electron chi connectivity index (χ4n) is 1.38. The van der Waals surface area contributed by atoms with E-state index in [1.54, 1.807) is 6.08 Å². The number of epoxide rings is 1. The lowest BCUT2D eigenvalue weighted by atomic mass is 9.90. The standard InChI is InChI=1S/C8H10O2/c1-7-5-3-4-6(9)8(7,2)10-7/h3-5,9H,1-2H3. The molecular weight excluding hydrogens is 128 g/mol. The molecule has 0 amide bonds. The van der Waals surface area contributed by atoms with E-state index in [1.807, 2.05) is 26.0 Å². The topological polar surface area (TPSA) is 32.8 Å². The van der Waals surface area contributed by atoms with Crippen LogP contribution in [0.1, 0.15) is 13.8 Å². The van der Waals surface area contributed by atoms with E-state index in [4.69, 9.17) is 4.74 Å². The molecule has 0 radical (unpaired) electrons. The van der Waals surface area contributed by atoms with E-state index in [-0.39, 0.29) is 5.60 Å². The first-order chi connectivity index (χ1) is 4.58. The van der Waals surface area contributed by atoms with Crippen molar-refractivity contribution in [3.05, 3.63) is 24.0 Å². The van der Waals surface area contributed by atoms with Crippen LogP contribution in [0.3, 0.4) is 0 Å². The number of rotatable bonds is 0. The van der Waals surface area contributed by atoms with E-state index < -0.39 is 5.60 Å². The molecule has 1 aliphatic carbocycles. The lowest BCUT2D eigenvalue weighted by Gasteiger charge is -2.10. The summed E-state index contributed by atoms with van der Waals surface area (Å²) in [6.45, 7) is 3.86. The molecule has 2 nitrogen and oxygen atoms in total. The molecule has 2 rings (SSSR count). The average molecular weight is 138 g/mol. The van der Waals surface area contributed by atoms with Crippen molar-refractivity contribution in [1.29, 1.82) is 0 Å². The van der Waals surface area contributed by atoms with Gasteiger partial charge in [-0.2, -0.15) is 0 Å². The molecule has 0 aromatic heterocycles. The van der Waals surface area contributed by atoms with Crippen molar-refractivity contribution in [2.75, 3.05) is 0 Å². The normalized spacial score (nSPS) is 50.0. The van der Waals surface area contributed by atoms with Crippen molar-refractivity contribution in [3.63, 3.8) is 0 Å². The quantitative estimate of drug-likeness (QED) is 0.515. The van der Waals surface area contributed by atoms with Gasteiger partial charge in [-0.1, -0.05) is 6.08 Å². The summed E-state index contributed by atoms with van der Waals surface area (Å²) in [6, 6.07) is 0. The van der Waals surface area contributed by atoms with Gasteiger partial charge in [0, 0.05) is 0 Å². The Bertz CT molecular complexity index is 242. The van der Waals surface area contributed by atoms with Crippen LogP contribution in [0, 0.1) is 0 Å². The average Bonchev–Trinajstić information content (AvgIpc) is 2.38. The summed E-state index contributed by atoms with van der Waals surface area (Å²) < 4.78 is 5.36. The third-order valence-corrected chi connectivity index (χ3v) is 2.48. The molecule has 0 saturated carbocycles. The molecule has 2 unspecified atom stereocenters. The maximum absolute atomic E-state index is 9.33. The molecule has 10 heavy (non-hydrogen) atoms. The highest BCUT2D eigenvalue weighted by molar-refractivity contribution is 5.39. The lowest BCUT2D eigenvalue weighted by Crippen LogP contribution is -2.22. The maximum Gasteiger partial charge on any atom is 0.155 e. The van der Waals surface area contributed by atoms with Gasteiger partial charge in [-0.15, -0.1) is 0 Å². The van der Waals surface area contributed by atoms with Gasteiger partial charge in [-0.05, 0) is 26.0 Å². The van der Waals surface area contributed by atoms with Crippen molar-refractivity contribution < 1.29 is 9.84 Å². The van der Waals surface area contributed by atoms with Gasteiger partial charge in [-0.3, -0.25) is 0 Å². The Morgan fingerprint density at radius 2 is 2.20 bits per heavy atom. The molecule has 1 N–H and O–H groups in total. The van der Waals surface area contributed by atoms with E-state index in [0.717, 1.165) is 0 Å². The van der Waals surface area contributed by atoms with Gasteiger partial charge in [0.15, 0.2) is 5.60 Å². The van der Waals surface area contributed by atoms with E-state index in [0.29, 0.717) is 5.76 Å². The highest BCUT2D eigenvalue weighted by Crippen LogP contribution is 2.54. The minimum atomic E-state index is -0.429. The van der Waals surface area contributed by atoms with Gasteiger partial charge >= 0.3 is 0 Å². The van der Waals surface area contributed by atoms with E-state index in [2.05, 4.69) is 0 Å². The minimum absolute atomic E-state index is 0.244. The molecule has 0 aromatic rings. The van der Waals surface area contributed by atoms with Gasteiger partial charge in [0.25, 0.3) is 0 Å². The second kappa shape index (κ2) is 1.30. The summed E-state index contributed by atoms with van der Waals surface area (Å²) in [4.78, 5) is 0. The van der Waals surface area contributed by atoms with Crippen molar-refractivity contribution in [3.8, 4) is 0 Å². The number of hydrogen-bond donors (Lipinski definition) is 1. The lowest BCUT2D eigenvalue weighted by molar-refractivity contribution is 0.255. The summed E-state index contributed by atoms with van der Waals surface area (Å²) in [5, 5.41) is 9.33. The van der Waals surface area contributed by atoms with Crippen LogP contribution in [0.4, 0.5) is 0 Å². The number of ether oxygens (including phenoxy) is 1. The van der Waals surface area contributed by atoms with Crippen LogP contribution in [0.25, 0.3) is 0 Å². The summed E-state index contributed by atoms with van der Waals surface area (Å²) in [5.74, 6) is 0.331. The molecule has 1 saturated heterocycles. The molecular formula is C8H10O2. The fraction of sp³-hybridized carbons (Fsp3) is 0.500. The van der Waals surface area contributed by atoms with Crippen LogP contribution in [0.2, 0.25) is 0 Å². The Kier molecular flexibility index (Phi) is 0.777. The van der Waals surface area contributed by atoms with Gasteiger partial charge in [0.2, 0.25) is 0 Å². The highest BCUT2D eigenvalue weighted by atomic mass is 16.6. The Morgan fingerprint density at radius 1 is 1.50 bits per heavy atom. The molecule has 2 heteroatoms. The van der Waals surface area contributed by atoms with Crippen LogP contribution < -0.4 is 0 Å². The third kappa shape index (κ3) is 0.443. The van der Waals surface area contributed by atoms with E-state index >= 15 is 0 Å². The predicted molar refractivity (Wildman–Crippen MR) is 37.7 cm³/mol. The monoisotopic (exact) mass is 138 g/mol. The Hall–Kier alpha value is -0.760. The maximum atomic E-state index is 9.33. The minimum Gasteiger partial charge on any atom is -0.509 e. The summed E-state index contributed by atoms with van der Waals surface area (Å²) in [5.41, 5.74) is -0.673. The van der Waals surface area contributed by atoms with Crippen molar-refractivity contribution in [2.24, 2.45) is 0 Å². The van der Waals surface area contributed by atoms with E-state index in [1.165, 1.54) is 0 Å². The molecule has 1 fully saturated rings. The largest absolute Gasteiger partial charge is 0.509 e. The van der Waals surface area contributed by atoms with Gasteiger partial charge in [0.1, 0.15) is 11.4 Å². The van der Waals surface area contributed by atoms with E-state index in [9.17, 15) is 5.11 Å².